The van der Waals surface area contributed by atoms with Crippen LogP contribution in [0, 0.1) is 5.41 Å². The maximum atomic E-state index is 13.2. The van der Waals surface area contributed by atoms with Gasteiger partial charge < -0.3 is 19.3 Å². The Balaban J connectivity index is 1.57. The first kappa shape index (κ1) is 21.4. The number of rotatable bonds is 6. The average molecular weight is 477 g/mol. The number of aromatic nitrogens is 7. The molecule has 0 bridgehead atoms. The van der Waals surface area contributed by atoms with Gasteiger partial charge in [-0.25, -0.2) is 9.97 Å². The van der Waals surface area contributed by atoms with Crippen LogP contribution < -0.4 is 4.90 Å². The second-order valence-electron chi connectivity index (χ2n) is 7.47. The first-order valence-corrected chi connectivity index (χ1v) is 11.1. The van der Waals surface area contributed by atoms with Crippen molar-refractivity contribution in [2.45, 2.75) is 45.5 Å². The number of aryl methyl sites for hydroxylation is 1. The molecule has 4 aromatic heterocycles. The number of fused-ring (bicyclic) bond motifs is 2. The Labute approximate surface area is 189 Å². The summed E-state index contributed by atoms with van der Waals surface area (Å²) >= 11 is 1.53. The second-order valence-corrected chi connectivity index (χ2v) is 8.59. The molecule has 0 amide bonds. The van der Waals surface area contributed by atoms with Crippen LogP contribution in [0.1, 0.15) is 35.8 Å². The number of nitrogens with one attached hydrogen (secondary N) is 1. The molecule has 0 atom stereocenters. The van der Waals surface area contributed by atoms with Gasteiger partial charge in [0.05, 0.1) is 18.4 Å². The molecule has 172 valence electrons. The second kappa shape index (κ2) is 8.17. The third-order valence-corrected chi connectivity index (χ3v) is 6.25. The molecule has 5 rings (SSSR count). The van der Waals surface area contributed by atoms with Gasteiger partial charge in [-0.05, 0) is 12.5 Å². The van der Waals surface area contributed by atoms with E-state index >= 15 is 0 Å². The lowest BCUT2D eigenvalue weighted by Gasteiger charge is -2.29. The normalized spacial score (nSPS) is 14.1. The highest BCUT2D eigenvalue weighted by atomic mass is 32.1. The number of alkyl halides is 3. The number of anilines is 1. The monoisotopic (exact) mass is 477 g/mol. The first-order chi connectivity index (χ1) is 15.9. The third kappa shape index (κ3) is 3.94. The minimum absolute atomic E-state index is 0.0774. The van der Waals surface area contributed by atoms with E-state index in [0.29, 0.717) is 12.4 Å². The van der Waals surface area contributed by atoms with Gasteiger partial charge in [0.25, 0.3) is 5.89 Å². The largest absolute Gasteiger partial charge is 0.451 e. The van der Waals surface area contributed by atoms with Crippen molar-refractivity contribution in [3.63, 3.8) is 0 Å². The maximum absolute atomic E-state index is 13.2. The highest BCUT2D eigenvalue weighted by Gasteiger charge is 2.39. The van der Waals surface area contributed by atoms with Gasteiger partial charge in [-0.1, -0.05) is 13.3 Å². The van der Waals surface area contributed by atoms with E-state index in [-0.39, 0.29) is 42.9 Å². The van der Waals surface area contributed by atoms with Crippen molar-refractivity contribution in [1.82, 2.24) is 34.9 Å². The van der Waals surface area contributed by atoms with Crippen molar-refractivity contribution in [3.8, 4) is 11.7 Å². The summed E-state index contributed by atoms with van der Waals surface area (Å²) in [6.07, 6.45) is -1.36. The van der Waals surface area contributed by atoms with Crippen molar-refractivity contribution in [3.05, 3.63) is 28.5 Å². The summed E-state index contributed by atoms with van der Waals surface area (Å²) < 4.78 is 46.3. The predicted molar refractivity (Wildman–Crippen MR) is 113 cm³/mol. The lowest BCUT2D eigenvalue weighted by molar-refractivity contribution is -0.147. The van der Waals surface area contributed by atoms with Crippen molar-refractivity contribution < 1.29 is 17.6 Å². The SMILES string of the molecule is CCCc1cc2c(N3CCn4c(nnc4C(F)(F)F)C3)nc(-c3nnc(CC=N)o3)nc2s1. The first-order valence-electron chi connectivity index (χ1n) is 10.2. The molecule has 0 fully saturated rings. The molecule has 0 unspecified atom stereocenters. The molecule has 1 aliphatic heterocycles. The summed E-state index contributed by atoms with van der Waals surface area (Å²) in [6, 6.07) is 2.03. The summed E-state index contributed by atoms with van der Waals surface area (Å²) in [6.45, 7) is 2.58. The standard InChI is InChI=1S/C19H18F3N9OS/c1-2-3-10-8-11-15(30-6-7-31-12(9-30)26-29-18(31)19(20,21)22)24-14(25-17(11)33-10)16-28-27-13(32-16)4-5-23/h5,8,23H,2-4,6-7,9H2,1H3. The van der Waals surface area contributed by atoms with Crippen LogP contribution in [0.2, 0.25) is 0 Å². The highest BCUT2D eigenvalue weighted by Crippen LogP contribution is 2.36. The number of hydrogen-bond donors (Lipinski definition) is 1. The van der Waals surface area contributed by atoms with Gasteiger partial charge in [0.15, 0.2) is 5.82 Å². The van der Waals surface area contributed by atoms with Gasteiger partial charge >= 0.3 is 6.18 Å². The van der Waals surface area contributed by atoms with Crippen LogP contribution in [0.4, 0.5) is 19.0 Å². The Kier molecular flexibility index (Phi) is 5.31. The number of hydrogen-bond acceptors (Lipinski definition) is 10. The summed E-state index contributed by atoms with van der Waals surface area (Å²) in [5, 5.41) is 23.0. The number of thiophene rings is 1. The quantitative estimate of drug-likeness (QED) is 0.419. The summed E-state index contributed by atoms with van der Waals surface area (Å²) in [5.74, 6) is 0.430. The third-order valence-electron chi connectivity index (χ3n) is 5.16. The van der Waals surface area contributed by atoms with Crippen molar-refractivity contribution >= 4 is 33.6 Å². The van der Waals surface area contributed by atoms with E-state index in [1.54, 1.807) is 0 Å². The molecule has 1 N–H and O–H groups in total. The fourth-order valence-electron chi connectivity index (χ4n) is 3.72. The molecule has 5 heterocycles. The van der Waals surface area contributed by atoms with Crippen molar-refractivity contribution in [1.29, 1.82) is 5.41 Å². The van der Waals surface area contributed by atoms with E-state index in [4.69, 9.17) is 9.83 Å². The zero-order chi connectivity index (χ0) is 23.2. The van der Waals surface area contributed by atoms with E-state index in [9.17, 15) is 13.2 Å². The zero-order valence-corrected chi connectivity index (χ0v) is 18.2. The average Bonchev–Trinajstić information content (AvgIpc) is 3.50. The van der Waals surface area contributed by atoms with Gasteiger partial charge in [-0.15, -0.1) is 31.7 Å². The minimum Gasteiger partial charge on any atom is -0.418 e. The molecule has 1 aliphatic rings. The maximum Gasteiger partial charge on any atom is 0.451 e. The van der Waals surface area contributed by atoms with Crippen LogP contribution in [-0.2, 0) is 32.1 Å². The molecule has 0 aliphatic carbocycles. The van der Waals surface area contributed by atoms with Crippen molar-refractivity contribution in [2.24, 2.45) is 0 Å². The van der Waals surface area contributed by atoms with Gasteiger partial charge in [-0.2, -0.15) is 13.2 Å². The minimum atomic E-state index is -4.56. The van der Waals surface area contributed by atoms with Gasteiger partial charge in [0, 0.05) is 24.2 Å². The molecule has 33 heavy (non-hydrogen) atoms. The van der Waals surface area contributed by atoms with E-state index in [0.717, 1.165) is 38.7 Å². The molecule has 0 spiro atoms. The highest BCUT2D eigenvalue weighted by molar-refractivity contribution is 7.18. The topological polar surface area (TPSA) is 122 Å². The summed E-state index contributed by atoms with van der Waals surface area (Å²) in [4.78, 5) is 13.0. The lowest BCUT2D eigenvalue weighted by atomic mass is 10.2. The summed E-state index contributed by atoms with van der Waals surface area (Å²) in [7, 11) is 0. The Bertz CT molecular complexity index is 1330. The Morgan fingerprint density at radius 2 is 2.03 bits per heavy atom. The summed E-state index contributed by atoms with van der Waals surface area (Å²) in [5.41, 5.74) is 0. The fraction of sp³-hybridized carbons (Fsp3) is 0.421. The molecule has 0 aromatic carbocycles. The molecule has 14 heteroatoms. The Morgan fingerprint density at radius 3 is 2.79 bits per heavy atom. The lowest BCUT2D eigenvalue weighted by Crippen LogP contribution is -2.36. The Morgan fingerprint density at radius 1 is 1.18 bits per heavy atom. The smallest absolute Gasteiger partial charge is 0.418 e. The van der Waals surface area contributed by atoms with Gasteiger partial charge in [-0.3, -0.25) is 0 Å². The molecular weight excluding hydrogens is 459 g/mol. The molecule has 10 nitrogen and oxygen atoms in total. The Hall–Kier alpha value is -3.42. The molecule has 0 saturated carbocycles. The van der Waals surface area contributed by atoms with Crippen LogP contribution in [0.15, 0.2) is 10.5 Å². The molecule has 0 saturated heterocycles. The zero-order valence-electron chi connectivity index (χ0n) is 17.4. The number of nitrogens with zero attached hydrogens (tertiary/aromatic N) is 8. The predicted octanol–water partition coefficient (Wildman–Crippen LogP) is 3.52. The van der Waals surface area contributed by atoms with Gasteiger partial charge in [0.1, 0.15) is 10.6 Å². The van der Waals surface area contributed by atoms with Crippen LogP contribution in [-0.4, -0.2) is 47.7 Å². The van der Waals surface area contributed by atoms with E-state index < -0.39 is 12.0 Å². The fourth-order valence-corrected chi connectivity index (χ4v) is 4.85. The molecule has 4 aromatic rings. The van der Waals surface area contributed by atoms with E-state index in [1.165, 1.54) is 11.3 Å². The van der Waals surface area contributed by atoms with Gasteiger partial charge in [0.2, 0.25) is 17.5 Å². The molecular formula is C19H18F3N9OS. The van der Waals surface area contributed by atoms with E-state index in [1.807, 2.05) is 11.0 Å². The van der Waals surface area contributed by atoms with Crippen LogP contribution in [0.3, 0.4) is 0 Å². The number of halogens is 3. The van der Waals surface area contributed by atoms with Crippen molar-refractivity contribution in [2.75, 3.05) is 11.4 Å². The molecule has 0 radical (unpaired) electrons. The van der Waals surface area contributed by atoms with Crippen LogP contribution in [0.5, 0.6) is 0 Å². The van der Waals surface area contributed by atoms with Crippen LogP contribution >= 0.6 is 11.3 Å². The van der Waals surface area contributed by atoms with E-state index in [2.05, 4.69) is 37.3 Å². The van der Waals surface area contributed by atoms with Crippen LogP contribution in [0.25, 0.3) is 21.9 Å².